The number of nitrogens with two attached hydrogens (primary N) is 1. The van der Waals surface area contributed by atoms with Crippen molar-refractivity contribution in [2.45, 2.75) is 6.54 Å². The number of pyridine rings is 1. The summed E-state index contributed by atoms with van der Waals surface area (Å²) in [5.74, 6) is -0.200. The number of imidazole rings is 1. The van der Waals surface area contributed by atoms with Crippen LogP contribution in [-0.4, -0.2) is 51.5 Å². The van der Waals surface area contributed by atoms with Crippen LogP contribution < -0.4 is 16.4 Å². The molecule has 0 aliphatic carbocycles. The molecule has 1 saturated heterocycles. The normalized spacial score (nSPS) is 14.2. The molecule has 5 aromatic rings. The fourth-order valence-electron chi connectivity index (χ4n) is 4.20. The van der Waals surface area contributed by atoms with E-state index in [0.717, 1.165) is 59.2 Å². The molecule has 0 radical (unpaired) electrons. The molecule has 0 saturated carbocycles. The van der Waals surface area contributed by atoms with Crippen LogP contribution in [-0.2, 0) is 11.3 Å². The smallest absolute Gasteiger partial charge is 0.265 e. The number of thiazole rings is 1. The topological polar surface area (TPSA) is 110 Å². The van der Waals surface area contributed by atoms with E-state index in [0.29, 0.717) is 16.3 Å². The molecule has 5 heterocycles. The average Bonchev–Trinajstić information content (AvgIpc) is 3.66. The summed E-state index contributed by atoms with van der Waals surface area (Å²) >= 11 is 2.90. The molecule has 1 amide bonds. The van der Waals surface area contributed by atoms with Crippen LogP contribution in [0.4, 0.5) is 21.5 Å². The zero-order chi connectivity index (χ0) is 25.2. The van der Waals surface area contributed by atoms with Crippen LogP contribution >= 0.6 is 22.7 Å². The molecule has 1 aliphatic heterocycles. The van der Waals surface area contributed by atoms with Gasteiger partial charge in [0.1, 0.15) is 5.65 Å². The number of benzene rings is 1. The Hall–Kier alpha value is -3.77. The summed E-state index contributed by atoms with van der Waals surface area (Å²) in [6.07, 6.45) is 5.80. The van der Waals surface area contributed by atoms with Gasteiger partial charge in [-0.25, -0.2) is 9.97 Å². The molecule has 9 nitrogen and oxygen atoms in total. The predicted octanol–water partition coefficient (Wildman–Crippen LogP) is 4.93. The lowest BCUT2D eigenvalue weighted by Gasteiger charge is -2.26. The zero-order valence-electron chi connectivity index (χ0n) is 19.9. The molecule has 1 fully saturated rings. The molecule has 1 aliphatic rings. The first-order valence-corrected chi connectivity index (χ1v) is 13.5. The summed E-state index contributed by atoms with van der Waals surface area (Å²) in [7, 11) is 0. The summed E-state index contributed by atoms with van der Waals surface area (Å²) in [4.78, 5) is 25.8. The zero-order valence-corrected chi connectivity index (χ0v) is 21.5. The summed E-state index contributed by atoms with van der Waals surface area (Å²) in [6.45, 7) is 4.40. The first kappa shape index (κ1) is 23.6. The number of aromatic nitrogens is 3. The highest BCUT2D eigenvalue weighted by Crippen LogP contribution is 2.33. The van der Waals surface area contributed by atoms with E-state index in [2.05, 4.69) is 48.2 Å². The minimum Gasteiger partial charge on any atom is -0.397 e. The van der Waals surface area contributed by atoms with Gasteiger partial charge in [0, 0.05) is 32.0 Å². The molecule has 11 heteroatoms. The van der Waals surface area contributed by atoms with Gasteiger partial charge in [-0.05, 0) is 42.0 Å². The molecule has 188 valence electrons. The van der Waals surface area contributed by atoms with Crippen LogP contribution in [0.1, 0.15) is 15.2 Å². The minimum atomic E-state index is -0.200. The summed E-state index contributed by atoms with van der Waals surface area (Å²) in [5.41, 5.74) is 10.2. The maximum atomic E-state index is 12.6. The SMILES string of the molecule is Nc1ccccc1NC(=O)c1ccc(Nc2ncc(-c3cnc4cc(CN5CCOCC5)ccn34)s2)s1. The number of amides is 1. The molecular weight excluding hydrogens is 506 g/mol. The van der Waals surface area contributed by atoms with E-state index in [4.69, 9.17) is 10.5 Å². The highest BCUT2D eigenvalue weighted by Gasteiger charge is 2.15. The Morgan fingerprint density at radius 1 is 1.05 bits per heavy atom. The Bertz CT molecular complexity index is 1550. The van der Waals surface area contributed by atoms with Gasteiger partial charge in [-0.1, -0.05) is 23.5 Å². The van der Waals surface area contributed by atoms with E-state index in [-0.39, 0.29) is 5.91 Å². The Morgan fingerprint density at radius 3 is 2.78 bits per heavy atom. The molecule has 1 aromatic carbocycles. The van der Waals surface area contributed by atoms with Gasteiger partial charge in [0.15, 0.2) is 5.13 Å². The minimum absolute atomic E-state index is 0.200. The van der Waals surface area contributed by atoms with Crippen LogP contribution in [0.25, 0.3) is 16.2 Å². The monoisotopic (exact) mass is 531 g/mol. The molecule has 37 heavy (non-hydrogen) atoms. The van der Waals surface area contributed by atoms with Crippen LogP contribution in [0.5, 0.6) is 0 Å². The van der Waals surface area contributed by atoms with Crippen molar-refractivity contribution in [2.24, 2.45) is 0 Å². The van der Waals surface area contributed by atoms with Gasteiger partial charge in [0.25, 0.3) is 5.91 Å². The van der Waals surface area contributed by atoms with E-state index in [9.17, 15) is 4.79 Å². The number of fused-ring (bicyclic) bond motifs is 1. The Balaban J connectivity index is 1.13. The van der Waals surface area contributed by atoms with Gasteiger partial charge in [0.2, 0.25) is 0 Å². The predicted molar refractivity (Wildman–Crippen MR) is 149 cm³/mol. The number of nitrogen functional groups attached to an aromatic ring is 1. The van der Waals surface area contributed by atoms with E-state index in [1.165, 1.54) is 28.2 Å². The highest BCUT2D eigenvalue weighted by molar-refractivity contribution is 7.20. The second-order valence-electron chi connectivity index (χ2n) is 8.66. The van der Waals surface area contributed by atoms with Crippen molar-refractivity contribution in [1.82, 2.24) is 19.3 Å². The lowest BCUT2D eigenvalue weighted by molar-refractivity contribution is 0.0342. The molecule has 4 N–H and O–H groups in total. The van der Waals surface area contributed by atoms with Gasteiger partial charge < -0.3 is 21.1 Å². The number of carbonyl (C=O) groups is 1. The number of hydrogen-bond acceptors (Lipinski definition) is 9. The van der Waals surface area contributed by atoms with Crippen LogP contribution in [0.3, 0.4) is 0 Å². The third-order valence-corrected chi connectivity index (χ3v) is 8.05. The largest absolute Gasteiger partial charge is 0.397 e. The number of anilines is 4. The van der Waals surface area contributed by atoms with E-state index in [1.807, 2.05) is 30.6 Å². The second kappa shape index (κ2) is 10.3. The third kappa shape index (κ3) is 5.20. The standard InChI is InChI=1S/C26H25N7O2S2/c27-18-3-1-2-4-19(18)30-25(34)21-5-6-24(36-21)31-26-29-15-22(37-26)20-14-28-23-13-17(7-8-33(20)23)16-32-9-11-35-12-10-32/h1-8,13-15H,9-12,16,27H2,(H,29,31)(H,30,34). The Labute approximate surface area is 221 Å². The number of para-hydroxylation sites is 2. The molecule has 0 bridgehead atoms. The molecule has 0 spiro atoms. The van der Waals surface area contributed by atoms with Crippen LogP contribution in [0.2, 0.25) is 0 Å². The average molecular weight is 532 g/mol. The summed E-state index contributed by atoms with van der Waals surface area (Å²) in [6, 6.07) is 15.1. The summed E-state index contributed by atoms with van der Waals surface area (Å²) in [5, 5.41) is 7.75. The molecular formula is C26H25N7O2S2. The van der Waals surface area contributed by atoms with Gasteiger partial charge >= 0.3 is 0 Å². The number of carbonyl (C=O) groups excluding carboxylic acids is 1. The van der Waals surface area contributed by atoms with Crippen molar-refractivity contribution in [2.75, 3.05) is 42.7 Å². The number of nitrogens with one attached hydrogen (secondary N) is 2. The quantitative estimate of drug-likeness (QED) is 0.256. The molecule has 0 atom stereocenters. The number of rotatable bonds is 7. The van der Waals surface area contributed by atoms with Crippen LogP contribution in [0.15, 0.2) is 67.1 Å². The molecule has 0 unspecified atom stereocenters. The fraction of sp³-hybridized carbons (Fsp3) is 0.192. The van der Waals surface area contributed by atoms with Crippen molar-refractivity contribution in [3.8, 4) is 10.6 Å². The van der Waals surface area contributed by atoms with E-state index < -0.39 is 0 Å². The fourth-order valence-corrected chi connectivity index (χ4v) is 5.90. The van der Waals surface area contributed by atoms with E-state index >= 15 is 0 Å². The summed E-state index contributed by atoms with van der Waals surface area (Å²) < 4.78 is 7.53. The second-order valence-corrected chi connectivity index (χ2v) is 10.8. The first-order chi connectivity index (χ1) is 18.1. The van der Waals surface area contributed by atoms with Crippen molar-refractivity contribution < 1.29 is 9.53 Å². The molecule has 4 aromatic heterocycles. The maximum absolute atomic E-state index is 12.6. The lowest BCUT2D eigenvalue weighted by atomic mass is 10.2. The molecule has 6 rings (SSSR count). The number of hydrogen-bond donors (Lipinski definition) is 3. The highest BCUT2D eigenvalue weighted by atomic mass is 32.1. The number of nitrogens with zero attached hydrogens (tertiary/aromatic N) is 4. The lowest BCUT2D eigenvalue weighted by Crippen LogP contribution is -2.35. The Morgan fingerprint density at radius 2 is 1.92 bits per heavy atom. The number of ether oxygens (including phenoxy) is 1. The van der Waals surface area contributed by atoms with Crippen molar-refractivity contribution in [1.29, 1.82) is 0 Å². The number of morpholine rings is 1. The van der Waals surface area contributed by atoms with Gasteiger partial charge in [-0.2, -0.15) is 0 Å². The third-order valence-electron chi connectivity index (χ3n) is 6.11. The van der Waals surface area contributed by atoms with Crippen molar-refractivity contribution in [3.05, 3.63) is 77.6 Å². The van der Waals surface area contributed by atoms with Crippen LogP contribution in [0, 0.1) is 0 Å². The van der Waals surface area contributed by atoms with E-state index in [1.54, 1.807) is 18.2 Å². The van der Waals surface area contributed by atoms with Crippen molar-refractivity contribution in [3.63, 3.8) is 0 Å². The number of thiophene rings is 1. The van der Waals surface area contributed by atoms with Crippen molar-refractivity contribution >= 4 is 55.7 Å². The van der Waals surface area contributed by atoms with Gasteiger partial charge in [-0.3, -0.25) is 14.1 Å². The van der Waals surface area contributed by atoms with Gasteiger partial charge in [-0.15, -0.1) is 11.3 Å². The first-order valence-electron chi connectivity index (χ1n) is 11.9. The Kier molecular flexibility index (Phi) is 6.58. The van der Waals surface area contributed by atoms with Gasteiger partial charge in [0.05, 0.1) is 51.2 Å². The maximum Gasteiger partial charge on any atom is 0.265 e.